The molecule has 1 saturated heterocycles. The van der Waals surface area contributed by atoms with Crippen LogP contribution in [0.15, 0.2) is 92.7 Å². The zero-order chi connectivity index (χ0) is 27.5. The topological polar surface area (TPSA) is 75.7 Å². The van der Waals surface area contributed by atoms with Crippen molar-refractivity contribution >= 4 is 83.2 Å². The van der Waals surface area contributed by atoms with E-state index in [2.05, 4.69) is 37.2 Å². The molecule has 6 nitrogen and oxygen atoms in total. The van der Waals surface area contributed by atoms with E-state index in [0.717, 1.165) is 33.0 Å². The second-order valence-electron chi connectivity index (χ2n) is 8.57. The van der Waals surface area contributed by atoms with Gasteiger partial charge in [-0.15, -0.1) is 0 Å². The van der Waals surface area contributed by atoms with Crippen LogP contribution in [0.4, 0.5) is 14.9 Å². The van der Waals surface area contributed by atoms with Gasteiger partial charge in [-0.25, -0.2) is 4.39 Å². The standard InChI is InChI=1S/C29H19Br2FN2O4S/c30-22-12-18(13-23(31)27(22)38-16-17-8-10-20(32)11-9-17)14-25-28(36)34(29(37)39-25)15-26(35)33-24-7-3-5-19-4-1-2-6-21(19)24/h1-14H,15-16H2,(H,33,35)/b25-14+. The number of rotatable bonds is 7. The van der Waals surface area contributed by atoms with E-state index in [1.807, 2.05) is 36.4 Å². The number of benzene rings is 4. The Balaban J connectivity index is 1.27. The normalized spacial score (nSPS) is 14.3. The summed E-state index contributed by atoms with van der Waals surface area (Å²) in [7, 11) is 0. The Kier molecular flexibility index (Phi) is 8.15. The highest BCUT2D eigenvalue weighted by atomic mass is 79.9. The predicted molar refractivity (Wildman–Crippen MR) is 158 cm³/mol. The average Bonchev–Trinajstić information content (AvgIpc) is 3.16. The molecule has 0 atom stereocenters. The third kappa shape index (κ3) is 6.24. The molecule has 4 aromatic rings. The lowest BCUT2D eigenvalue weighted by molar-refractivity contribution is -0.127. The number of fused-ring (bicyclic) bond motifs is 1. The van der Waals surface area contributed by atoms with E-state index in [1.54, 1.807) is 36.4 Å². The first kappa shape index (κ1) is 27.1. The molecule has 1 fully saturated rings. The van der Waals surface area contributed by atoms with Crippen LogP contribution < -0.4 is 10.1 Å². The highest BCUT2D eigenvalue weighted by Crippen LogP contribution is 2.38. The van der Waals surface area contributed by atoms with Crippen molar-refractivity contribution in [2.45, 2.75) is 6.61 Å². The van der Waals surface area contributed by atoms with Gasteiger partial charge in [-0.3, -0.25) is 19.3 Å². The minimum Gasteiger partial charge on any atom is -0.487 e. The second kappa shape index (κ2) is 11.7. The number of carbonyl (C=O) groups excluding carboxylic acids is 3. The molecule has 0 spiro atoms. The average molecular weight is 670 g/mol. The van der Waals surface area contributed by atoms with E-state index >= 15 is 0 Å². The summed E-state index contributed by atoms with van der Waals surface area (Å²) in [4.78, 5) is 39.5. The lowest BCUT2D eigenvalue weighted by atomic mass is 10.1. The summed E-state index contributed by atoms with van der Waals surface area (Å²) in [6.07, 6.45) is 1.59. The summed E-state index contributed by atoms with van der Waals surface area (Å²) in [6, 6.07) is 22.7. The van der Waals surface area contributed by atoms with Crippen molar-refractivity contribution in [1.82, 2.24) is 4.90 Å². The van der Waals surface area contributed by atoms with Crippen LogP contribution in [-0.2, 0) is 16.2 Å². The number of ether oxygens (including phenoxy) is 1. The highest BCUT2D eigenvalue weighted by molar-refractivity contribution is 9.11. The van der Waals surface area contributed by atoms with Crippen molar-refractivity contribution in [1.29, 1.82) is 0 Å². The van der Waals surface area contributed by atoms with E-state index < -0.39 is 23.6 Å². The smallest absolute Gasteiger partial charge is 0.294 e. The molecule has 5 rings (SSSR count). The summed E-state index contributed by atoms with van der Waals surface area (Å²) < 4.78 is 20.3. The van der Waals surface area contributed by atoms with Crippen molar-refractivity contribution in [2.75, 3.05) is 11.9 Å². The molecule has 1 heterocycles. The predicted octanol–water partition coefficient (Wildman–Crippen LogP) is 7.76. The van der Waals surface area contributed by atoms with E-state index in [9.17, 15) is 18.8 Å². The SMILES string of the molecule is O=C(CN1C(=O)S/C(=C/c2cc(Br)c(OCc3ccc(F)cc3)c(Br)c2)C1=O)Nc1cccc2ccccc12. The lowest BCUT2D eigenvalue weighted by Crippen LogP contribution is -2.36. The largest absolute Gasteiger partial charge is 0.487 e. The number of hydrogen-bond acceptors (Lipinski definition) is 5. The molecule has 196 valence electrons. The van der Waals surface area contributed by atoms with Gasteiger partial charge in [-0.2, -0.15) is 0 Å². The minimum absolute atomic E-state index is 0.205. The number of amides is 3. The molecule has 39 heavy (non-hydrogen) atoms. The third-order valence-electron chi connectivity index (χ3n) is 5.85. The number of nitrogens with zero attached hydrogens (tertiary/aromatic N) is 1. The first-order valence-corrected chi connectivity index (χ1v) is 14.1. The Bertz CT molecular complexity index is 1610. The first-order valence-electron chi connectivity index (χ1n) is 11.7. The van der Waals surface area contributed by atoms with E-state index in [-0.39, 0.29) is 17.3 Å². The number of nitrogens with one attached hydrogen (secondary N) is 1. The molecule has 4 aromatic carbocycles. The monoisotopic (exact) mass is 668 g/mol. The van der Waals surface area contributed by atoms with Gasteiger partial charge in [-0.1, -0.05) is 48.5 Å². The molecule has 1 N–H and O–H groups in total. The van der Waals surface area contributed by atoms with Gasteiger partial charge in [0.15, 0.2) is 0 Å². The van der Waals surface area contributed by atoms with E-state index in [1.165, 1.54) is 12.1 Å². The fraction of sp³-hybridized carbons (Fsp3) is 0.0690. The quantitative estimate of drug-likeness (QED) is 0.204. The molecular formula is C29H19Br2FN2O4S. The van der Waals surface area contributed by atoms with Crippen molar-refractivity contribution in [3.05, 3.63) is 110 Å². The molecule has 0 radical (unpaired) electrons. The van der Waals surface area contributed by atoms with Crippen LogP contribution in [0.3, 0.4) is 0 Å². The first-order chi connectivity index (χ1) is 18.8. The molecule has 1 aliphatic rings. The van der Waals surface area contributed by atoms with Crippen LogP contribution in [0.5, 0.6) is 5.75 Å². The maximum atomic E-state index is 13.1. The van der Waals surface area contributed by atoms with Gasteiger partial charge in [0.1, 0.15) is 24.7 Å². The fourth-order valence-corrected chi connectivity index (χ4v) is 6.28. The summed E-state index contributed by atoms with van der Waals surface area (Å²) in [5.41, 5.74) is 2.06. The Morgan fingerprint density at radius 2 is 1.67 bits per heavy atom. The number of carbonyl (C=O) groups is 3. The van der Waals surface area contributed by atoms with Crippen molar-refractivity contribution < 1.29 is 23.5 Å². The second-order valence-corrected chi connectivity index (χ2v) is 11.3. The third-order valence-corrected chi connectivity index (χ3v) is 7.94. The Morgan fingerprint density at radius 1 is 0.974 bits per heavy atom. The molecule has 0 saturated carbocycles. The number of thioether (sulfide) groups is 1. The minimum atomic E-state index is -0.540. The molecule has 0 aliphatic carbocycles. The Morgan fingerprint density at radius 3 is 2.41 bits per heavy atom. The lowest BCUT2D eigenvalue weighted by Gasteiger charge is -2.13. The van der Waals surface area contributed by atoms with E-state index in [4.69, 9.17) is 4.74 Å². The molecule has 0 aromatic heterocycles. The van der Waals surface area contributed by atoms with Crippen LogP contribution >= 0.6 is 43.6 Å². The number of imide groups is 1. The van der Waals surface area contributed by atoms with Gasteiger partial charge in [0.2, 0.25) is 5.91 Å². The Labute approximate surface area is 244 Å². The van der Waals surface area contributed by atoms with Crippen molar-refractivity contribution in [3.63, 3.8) is 0 Å². The Hall–Kier alpha value is -3.47. The summed E-state index contributed by atoms with van der Waals surface area (Å²) >= 11 is 7.75. The van der Waals surface area contributed by atoms with Gasteiger partial charge >= 0.3 is 0 Å². The fourth-order valence-electron chi connectivity index (χ4n) is 3.99. The molecular weight excluding hydrogens is 651 g/mol. The number of hydrogen-bond donors (Lipinski definition) is 1. The van der Waals surface area contributed by atoms with Gasteiger partial charge in [0, 0.05) is 11.1 Å². The number of halogens is 3. The number of anilines is 1. The van der Waals surface area contributed by atoms with Crippen molar-refractivity contribution in [2.24, 2.45) is 0 Å². The van der Waals surface area contributed by atoms with Crippen LogP contribution in [0.2, 0.25) is 0 Å². The van der Waals surface area contributed by atoms with Gasteiger partial charge in [0.05, 0.1) is 13.9 Å². The van der Waals surface area contributed by atoms with Crippen molar-refractivity contribution in [3.8, 4) is 5.75 Å². The van der Waals surface area contributed by atoms with Gasteiger partial charge in [-0.05, 0) is 96.5 Å². The van der Waals surface area contributed by atoms with Crippen LogP contribution in [0.25, 0.3) is 16.8 Å². The maximum absolute atomic E-state index is 13.1. The van der Waals surface area contributed by atoms with Crippen LogP contribution in [0.1, 0.15) is 11.1 Å². The van der Waals surface area contributed by atoms with Gasteiger partial charge < -0.3 is 10.1 Å². The molecule has 3 amide bonds. The van der Waals surface area contributed by atoms with Crippen LogP contribution in [0, 0.1) is 5.82 Å². The maximum Gasteiger partial charge on any atom is 0.294 e. The summed E-state index contributed by atoms with van der Waals surface area (Å²) in [6.45, 7) is -0.161. The highest BCUT2D eigenvalue weighted by Gasteiger charge is 2.36. The van der Waals surface area contributed by atoms with Gasteiger partial charge in [0.25, 0.3) is 11.1 Å². The van der Waals surface area contributed by atoms with E-state index in [0.29, 0.717) is 25.9 Å². The molecule has 1 aliphatic heterocycles. The molecule has 0 unspecified atom stereocenters. The molecule has 10 heteroatoms. The molecule has 0 bridgehead atoms. The zero-order valence-corrected chi connectivity index (χ0v) is 24.1. The zero-order valence-electron chi connectivity index (χ0n) is 20.1. The summed E-state index contributed by atoms with van der Waals surface area (Å²) in [5.74, 6) is -0.792. The summed E-state index contributed by atoms with van der Waals surface area (Å²) in [5, 5.41) is 4.12. The van der Waals surface area contributed by atoms with Crippen LogP contribution in [-0.4, -0.2) is 28.5 Å².